The van der Waals surface area contributed by atoms with Crippen molar-refractivity contribution in [3.63, 3.8) is 0 Å². The molecule has 3 rings (SSSR count). The molecule has 0 aromatic heterocycles. The summed E-state index contributed by atoms with van der Waals surface area (Å²) < 4.78 is 32.4. The molecule has 1 aliphatic carbocycles. The predicted octanol–water partition coefficient (Wildman–Crippen LogP) is 6.19. The number of nitrogens with zero attached hydrogens (tertiary/aromatic N) is 2. The van der Waals surface area contributed by atoms with Crippen molar-refractivity contribution in [3.05, 3.63) is 58.1 Å². The lowest BCUT2D eigenvalue weighted by molar-refractivity contribution is -0.141. The topological polar surface area (TPSA) is 96.0 Å². The molecular formula is C30H41Cl2N3O5S. The van der Waals surface area contributed by atoms with Gasteiger partial charge < -0.3 is 15.0 Å². The van der Waals surface area contributed by atoms with E-state index in [-0.39, 0.29) is 43.8 Å². The first kappa shape index (κ1) is 33.0. The highest BCUT2D eigenvalue weighted by molar-refractivity contribution is 7.92. The van der Waals surface area contributed by atoms with Crippen molar-refractivity contribution in [2.75, 3.05) is 23.7 Å². The molecule has 0 radical (unpaired) electrons. The van der Waals surface area contributed by atoms with Crippen molar-refractivity contribution in [1.82, 2.24) is 10.2 Å². The molecule has 1 fully saturated rings. The fourth-order valence-corrected chi connectivity index (χ4v) is 6.66. The Bertz CT molecular complexity index is 1280. The van der Waals surface area contributed by atoms with Crippen molar-refractivity contribution in [3.8, 4) is 5.75 Å². The molecule has 1 aliphatic rings. The van der Waals surface area contributed by atoms with Crippen LogP contribution in [0.3, 0.4) is 0 Å². The van der Waals surface area contributed by atoms with Crippen LogP contribution >= 0.6 is 23.2 Å². The predicted molar refractivity (Wildman–Crippen MR) is 165 cm³/mol. The standard InChI is InChI=1S/C30H41Cl2N3O5S/c1-4-26(30(37)33-24-12-7-6-8-13-24)34(21-22-17-18-23(31)20-25(22)32)29(36)16-11-19-35(41(3,38)39)27-14-9-10-15-28(27)40-5-2/h9-10,14-15,17-18,20,24,26H,4-8,11-13,16,19,21H2,1-3H3,(H,33,37)/t26-/m0/s1. The van der Waals surface area contributed by atoms with Gasteiger partial charge in [-0.25, -0.2) is 8.42 Å². The molecule has 0 aliphatic heterocycles. The van der Waals surface area contributed by atoms with Gasteiger partial charge in [-0.05, 0) is 62.4 Å². The zero-order chi connectivity index (χ0) is 30.0. The third kappa shape index (κ3) is 9.51. The fourth-order valence-electron chi connectivity index (χ4n) is 5.22. The number of halogens is 2. The van der Waals surface area contributed by atoms with Crippen molar-refractivity contribution < 1.29 is 22.7 Å². The zero-order valence-corrected chi connectivity index (χ0v) is 26.4. The van der Waals surface area contributed by atoms with Crippen LogP contribution in [0.5, 0.6) is 5.75 Å². The molecule has 2 amide bonds. The first-order valence-electron chi connectivity index (χ1n) is 14.3. The molecule has 1 atom stereocenters. The second-order valence-electron chi connectivity index (χ2n) is 10.4. The van der Waals surface area contributed by atoms with Gasteiger partial charge in [-0.1, -0.05) is 67.6 Å². The number of rotatable bonds is 14. The minimum absolute atomic E-state index is 0.0429. The maximum absolute atomic E-state index is 13.7. The van der Waals surface area contributed by atoms with Crippen LogP contribution in [0.4, 0.5) is 5.69 Å². The minimum Gasteiger partial charge on any atom is -0.492 e. The van der Waals surface area contributed by atoms with E-state index in [1.807, 2.05) is 13.8 Å². The molecule has 1 saturated carbocycles. The average molecular weight is 627 g/mol. The van der Waals surface area contributed by atoms with Crippen LogP contribution in [-0.2, 0) is 26.2 Å². The smallest absolute Gasteiger partial charge is 0.243 e. The van der Waals surface area contributed by atoms with Crippen molar-refractivity contribution in [1.29, 1.82) is 0 Å². The van der Waals surface area contributed by atoms with Crippen LogP contribution in [0.1, 0.15) is 70.8 Å². The van der Waals surface area contributed by atoms with Gasteiger partial charge in [0, 0.05) is 35.6 Å². The molecule has 0 heterocycles. The summed E-state index contributed by atoms with van der Waals surface area (Å²) in [4.78, 5) is 28.8. The largest absolute Gasteiger partial charge is 0.492 e. The lowest BCUT2D eigenvalue weighted by Crippen LogP contribution is -2.51. The van der Waals surface area contributed by atoms with E-state index in [1.54, 1.807) is 47.4 Å². The first-order chi connectivity index (χ1) is 19.5. The molecular weight excluding hydrogens is 585 g/mol. The van der Waals surface area contributed by atoms with Crippen molar-refractivity contribution in [2.24, 2.45) is 0 Å². The van der Waals surface area contributed by atoms with E-state index in [0.29, 0.717) is 40.1 Å². The zero-order valence-electron chi connectivity index (χ0n) is 24.1. The van der Waals surface area contributed by atoms with Gasteiger partial charge in [0.15, 0.2) is 0 Å². The third-order valence-electron chi connectivity index (χ3n) is 7.28. The molecule has 0 spiro atoms. The fraction of sp³-hybridized carbons (Fsp3) is 0.533. The van der Waals surface area contributed by atoms with Gasteiger partial charge in [0.05, 0.1) is 18.6 Å². The molecule has 0 bridgehead atoms. The second kappa shape index (κ2) is 15.7. The Morgan fingerprint density at radius 2 is 1.78 bits per heavy atom. The number of hydrogen-bond donors (Lipinski definition) is 1. The van der Waals surface area contributed by atoms with Gasteiger partial charge in [-0.3, -0.25) is 13.9 Å². The number of carbonyl (C=O) groups is 2. The highest BCUT2D eigenvalue weighted by atomic mass is 35.5. The highest BCUT2D eigenvalue weighted by Crippen LogP contribution is 2.30. The quantitative estimate of drug-likeness (QED) is 0.270. The van der Waals surface area contributed by atoms with E-state index in [9.17, 15) is 18.0 Å². The van der Waals surface area contributed by atoms with Crippen LogP contribution in [0.2, 0.25) is 10.0 Å². The maximum atomic E-state index is 13.7. The van der Waals surface area contributed by atoms with E-state index in [0.717, 1.165) is 31.9 Å². The van der Waals surface area contributed by atoms with Crippen molar-refractivity contribution in [2.45, 2.75) is 83.8 Å². The van der Waals surface area contributed by atoms with E-state index in [2.05, 4.69) is 5.32 Å². The van der Waals surface area contributed by atoms with Crippen LogP contribution in [-0.4, -0.2) is 56.6 Å². The summed E-state index contributed by atoms with van der Waals surface area (Å²) in [6.07, 6.45) is 7.04. The van der Waals surface area contributed by atoms with Crippen molar-refractivity contribution >= 4 is 50.7 Å². The summed E-state index contributed by atoms with van der Waals surface area (Å²) in [6.45, 7) is 4.31. The number of para-hydroxylation sites is 2. The number of amides is 2. The summed E-state index contributed by atoms with van der Waals surface area (Å²) in [5.74, 6) is 0.0191. The van der Waals surface area contributed by atoms with Gasteiger partial charge in [0.1, 0.15) is 11.8 Å². The molecule has 11 heteroatoms. The van der Waals surface area contributed by atoms with Gasteiger partial charge in [0.25, 0.3) is 0 Å². The summed E-state index contributed by atoms with van der Waals surface area (Å²) in [7, 11) is -3.65. The molecule has 41 heavy (non-hydrogen) atoms. The third-order valence-corrected chi connectivity index (χ3v) is 9.05. The van der Waals surface area contributed by atoms with Crippen LogP contribution in [0, 0.1) is 0 Å². The van der Waals surface area contributed by atoms with Crippen LogP contribution < -0.4 is 14.4 Å². The van der Waals surface area contributed by atoms with Crippen LogP contribution in [0.25, 0.3) is 0 Å². The first-order valence-corrected chi connectivity index (χ1v) is 16.9. The monoisotopic (exact) mass is 625 g/mol. The molecule has 0 unspecified atom stereocenters. The summed E-state index contributed by atoms with van der Waals surface area (Å²) in [6, 6.07) is 11.4. The summed E-state index contributed by atoms with van der Waals surface area (Å²) >= 11 is 12.5. The second-order valence-corrected chi connectivity index (χ2v) is 13.1. The Balaban J connectivity index is 1.80. The van der Waals surface area contributed by atoms with E-state index >= 15 is 0 Å². The molecule has 2 aromatic carbocycles. The molecule has 8 nitrogen and oxygen atoms in total. The number of ether oxygens (including phenoxy) is 1. The minimum atomic E-state index is -3.65. The Kier molecular flexibility index (Phi) is 12.6. The number of hydrogen-bond acceptors (Lipinski definition) is 5. The molecule has 1 N–H and O–H groups in total. The SMILES string of the molecule is CCOc1ccccc1N(CCCC(=O)N(Cc1ccc(Cl)cc1Cl)[C@@H](CC)C(=O)NC1CCCCC1)S(C)(=O)=O. The normalized spacial score (nSPS) is 14.8. The van der Waals surface area contributed by atoms with E-state index in [4.69, 9.17) is 27.9 Å². The molecule has 2 aromatic rings. The van der Waals surface area contributed by atoms with E-state index < -0.39 is 16.1 Å². The van der Waals surface area contributed by atoms with Gasteiger partial charge in [-0.15, -0.1) is 0 Å². The lowest BCUT2D eigenvalue weighted by atomic mass is 9.95. The van der Waals surface area contributed by atoms with Gasteiger partial charge >= 0.3 is 0 Å². The lowest BCUT2D eigenvalue weighted by Gasteiger charge is -2.33. The van der Waals surface area contributed by atoms with E-state index in [1.165, 1.54) is 10.7 Å². The number of anilines is 1. The Labute approximate surface area is 254 Å². The number of carbonyl (C=O) groups excluding carboxylic acids is 2. The number of sulfonamides is 1. The Morgan fingerprint density at radius 3 is 2.41 bits per heavy atom. The van der Waals surface area contributed by atoms with Gasteiger partial charge in [0.2, 0.25) is 21.8 Å². The Hall–Kier alpha value is -2.49. The molecule has 226 valence electrons. The number of benzene rings is 2. The van der Waals surface area contributed by atoms with Gasteiger partial charge in [-0.2, -0.15) is 0 Å². The van der Waals surface area contributed by atoms with Crippen LogP contribution in [0.15, 0.2) is 42.5 Å². The Morgan fingerprint density at radius 1 is 1.07 bits per heavy atom. The molecule has 0 saturated heterocycles. The summed E-state index contributed by atoms with van der Waals surface area (Å²) in [5.41, 5.74) is 1.10. The average Bonchev–Trinajstić information content (AvgIpc) is 2.92. The maximum Gasteiger partial charge on any atom is 0.243 e. The number of nitrogens with one attached hydrogen (secondary N) is 1. The highest BCUT2D eigenvalue weighted by Gasteiger charge is 2.31. The summed E-state index contributed by atoms with van der Waals surface area (Å²) in [5, 5.41) is 4.05.